The van der Waals surface area contributed by atoms with Crippen molar-refractivity contribution in [3.63, 3.8) is 0 Å². The molecule has 1 aliphatic carbocycles. The lowest BCUT2D eigenvalue weighted by Gasteiger charge is -2.25. The summed E-state index contributed by atoms with van der Waals surface area (Å²) < 4.78 is 0. The highest BCUT2D eigenvalue weighted by molar-refractivity contribution is 7.80. The summed E-state index contributed by atoms with van der Waals surface area (Å²) >= 11 is 4.43. The highest BCUT2D eigenvalue weighted by atomic mass is 32.1. The lowest BCUT2D eigenvalue weighted by Crippen LogP contribution is -2.31. The van der Waals surface area contributed by atoms with E-state index in [0.29, 0.717) is 5.25 Å². The van der Waals surface area contributed by atoms with Crippen LogP contribution in [0.1, 0.15) is 25.7 Å². The number of hydrogen-bond acceptors (Lipinski definition) is 2. The Kier molecular flexibility index (Phi) is 2.86. The van der Waals surface area contributed by atoms with Crippen LogP contribution in [-0.2, 0) is 0 Å². The van der Waals surface area contributed by atoms with E-state index >= 15 is 0 Å². The summed E-state index contributed by atoms with van der Waals surface area (Å²) in [5, 5.41) is 3.93. The van der Waals surface area contributed by atoms with Gasteiger partial charge in [-0.15, -0.1) is 0 Å². The van der Waals surface area contributed by atoms with E-state index < -0.39 is 0 Å². The minimum atomic E-state index is 0.649. The molecule has 1 aliphatic rings. The van der Waals surface area contributed by atoms with E-state index in [2.05, 4.69) is 17.9 Å². The zero-order valence-electron chi connectivity index (χ0n) is 5.93. The standard InChI is InChI=1S/C7H15NS/c1-8-6-3-2-4-7(9)5-6/h6-9H,2-5H2,1H3/t6-,7-/m0/s1. The molecule has 1 N–H and O–H groups in total. The first-order valence-electron chi connectivity index (χ1n) is 3.68. The fourth-order valence-corrected chi connectivity index (χ4v) is 1.86. The SMILES string of the molecule is CN[C@H]1CCC[C@H](S)C1. The Morgan fingerprint density at radius 1 is 1.44 bits per heavy atom. The van der Waals surface area contributed by atoms with E-state index in [1.807, 2.05) is 7.05 Å². The molecule has 0 amide bonds. The number of rotatable bonds is 1. The molecule has 0 bridgehead atoms. The molecule has 0 radical (unpaired) electrons. The van der Waals surface area contributed by atoms with Crippen LogP contribution < -0.4 is 5.32 Å². The smallest absolute Gasteiger partial charge is 0.00745 e. The van der Waals surface area contributed by atoms with Crippen LogP contribution >= 0.6 is 12.6 Å². The molecule has 1 saturated carbocycles. The van der Waals surface area contributed by atoms with Gasteiger partial charge in [0.15, 0.2) is 0 Å². The Bertz CT molecular complexity index is 85.0. The van der Waals surface area contributed by atoms with Crippen molar-refractivity contribution in [3.05, 3.63) is 0 Å². The second kappa shape index (κ2) is 3.47. The van der Waals surface area contributed by atoms with Crippen LogP contribution in [0.25, 0.3) is 0 Å². The van der Waals surface area contributed by atoms with Crippen molar-refractivity contribution >= 4 is 12.6 Å². The molecule has 0 aromatic rings. The normalized spacial score (nSPS) is 36.7. The van der Waals surface area contributed by atoms with Gasteiger partial charge in [-0.1, -0.05) is 6.42 Å². The molecule has 1 fully saturated rings. The monoisotopic (exact) mass is 145 g/mol. The molecule has 9 heavy (non-hydrogen) atoms. The van der Waals surface area contributed by atoms with Crippen molar-refractivity contribution in [1.29, 1.82) is 0 Å². The largest absolute Gasteiger partial charge is 0.317 e. The zero-order chi connectivity index (χ0) is 6.69. The van der Waals surface area contributed by atoms with Gasteiger partial charge in [-0.3, -0.25) is 0 Å². The lowest BCUT2D eigenvalue weighted by molar-refractivity contribution is 0.404. The van der Waals surface area contributed by atoms with Gasteiger partial charge in [-0.25, -0.2) is 0 Å². The van der Waals surface area contributed by atoms with Gasteiger partial charge >= 0.3 is 0 Å². The second-order valence-corrected chi connectivity index (χ2v) is 3.54. The second-order valence-electron chi connectivity index (χ2n) is 2.81. The quantitative estimate of drug-likeness (QED) is 0.532. The van der Waals surface area contributed by atoms with Crippen LogP contribution in [0.15, 0.2) is 0 Å². The van der Waals surface area contributed by atoms with Gasteiger partial charge in [0.25, 0.3) is 0 Å². The summed E-state index contributed by atoms with van der Waals surface area (Å²) in [6.45, 7) is 0. The molecule has 0 aromatic carbocycles. The Labute approximate surface area is 62.6 Å². The molecule has 2 heteroatoms. The summed E-state index contributed by atoms with van der Waals surface area (Å²) in [4.78, 5) is 0. The minimum Gasteiger partial charge on any atom is -0.317 e. The predicted molar refractivity (Wildman–Crippen MR) is 44.1 cm³/mol. The van der Waals surface area contributed by atoms with Gasteiger partial charge < -0.3 is 5.32 Å². The zero-order valence-corrected chi connectivity index (χ0v) is 6.82. The van der Waals surface area contributed by atoms with Crippen molar-refractivity contribution in [2.45, 2.75) is 37.0 Å². The Hall–Kier alpha value is 0.310. The Balaban J connectivity index is 2.23. The fraction of sp³-hybridized carbons (Fsp3) is 1.00. The minimum absolute atomic E-state index is 0.649. The van der Waals surface area contributed by atoms with Crippen molar-refractivity contribution in [2.24, 2.45) is 0 Å². The number of hydrogen-bond donors (Lipinski definition) is 2. The first-order valence-corrected chi connectivity index (χ1v) is 4.20. The summed E-state index contributed by atoms with van der Waals surface area (Å²) in [5.74, 6) is 0. The van der Waals surface area contributed by atoms with Crippen molar-refractivity contribution in [3.8, 4) is 0 Å². The molecule has 0 saturated heterocycles. The molecule has 0 unspecified atom stereocenters. The summed E-state index contributed by atoms with van der Waals surface area (Å²) in [5.41, 5.74) is 0. The maximum atomic E-state index is 4.43. The van der Waals surface area contributed by atoms with Crippen molar-refractivity contribution in [1.82, 2.24) is 5.32 Å². The van der Waals surface area contributed by atoms with E-state index in [0.717, 1.165) is 6.04 Å². The van der Waals surface area contributed by atoms with Gasteiger partial charge in [-0.05, 0) is 26.3 Å². The Morgan fingerprint density at radius 2 is 2.22 bits per heavy atom. The maximum Gasteiger partial charge on any atom is 0.00745 e. The highest BCUT2D eigenvalue weighted by Gasteiger charge is 2.16. The van der Waals surface area contributed by atoms with Gasteiger partial charge in [-0.2, -0.15) is 12.6 Å². The third-order valence-corrected chi connectivity index (χ3v) is 2.52. The highest BCUT2D eigenvalue weighted by Crippen LogP contribution is 2.21. The number of thiol groups is 1. The lowest BCUT2D eigenvalue weighted by atomic mass is 9.95. The van der Waals surface area contributed by atoms with E-state index in [1.54, 1.807) is 0 Å². The molecule has 0 spiro atoms. The fourth-order valence-electron chi connectivity index (χ4n) is 1.43. The maximum absolute atomic E-state index is 4.43. The summed E-state index contributed by atoms with van der Waals surface area (Å²) in [7, 11) is 2.04. The molecule has 0 heterocycles. The average molecular weight is 145 g/mol. The predicted octanol–water partition coefficient (Wildman–Crippen LogP) is 1.45. The van der Waals surface area contributed by atoms with Crippen molar-refractivity contribution in [2.75, 3.05) is 7.05 Å². The molecule has 1 nitrogen and oxygen atoms in total. The molecular formula is C7H15NS. The molecule has 2 atom stereocenters. The van der Waals surface area contributed by atoms with Crippen molar-refractivity contribution < 1.29 is 0 Å². The molecule has 0 aliphatic heterocycles. The summed E-state index contributed by atoms with van der Waals surface area (Å²) in [6, 6.07) is 0.737. The van der Waals surface area contributed by atoms with Gasteiger partial charge in [0.2, 0.25) is 0 Å². The molecule has 0 aromatic heterocycles. The van der Waals surface area contributed by atoms with E-state index in [9.17, 15) is 0 Å². The van der Waals surface area contributed by atoms with Crippen LogP contribution in [0.2, 0.25) is 0 Å². The topological polar surface area (TPSA) is 12.0 Å². The third kappa shape index (κ3) is 2.18. The van der Waals surface area contributed by atoms with E-state index in [-0.39, 0.29) is 0 Å². The third-order valence-electron chi connectivity index (χ3n) is 2.05. The van der Waals surface area contributed by atoms with Crippen LogP contribution in [-0.4, -0.2) is 18.3 Å². The molecule has 1 rings (SSSR count). The molecular weight excluding hydrogens is 130 g/mol. The number of nitrogens with one attached hydrogen (secondary N) is 1. The van der Waals surface area contributed by atoms with E-state index in [1.165, 1.54) is 25.7 Å². The first-order chi connectivity index (χ1) is 4.33. The molecule has 54 valence electrons. The average Bonchev–Trinajstić information content (AvgIpc) is 1.88. The van der Waals surface area contributed by atoms with Crippen LogP contribution in [0, 0.1) is 0 Å². The van der Waals surface area contributed by atoms with Gasteiger partial charge in [0.1, 0.15) is 0 Å². The van der Waals surface area contributed by atoms with Crippen LogP contribution in [0.4, 0.5) is 0 Å². The van der Waals surface area contributed by atoms with Gasteiger partial charge in [0.05, 0.1) is 0 Å². The first kappa shape index (κ1) is 7.42. The van der Waals surface area contributed by atoms with E-state index in [4.69, 9.17) is 0 Å². The summed E-state index contributed by atoms with van der Waals surface area (Å²) in [6.07, 6.45) is 5.24. The van der Waals surface area contributed by atoms with Crippen LogP contribution in [0.5, 0.6) is 0 Å². The van der Waals surface area contributed by atoms with Crippen LogP contribution in [0.3, 0.4) is 0 Å². The Morgan fingerprint density at radius 3 is 2.67 bits per heavy atom. The van der Waals surface area contributed by atoms with Gasteiger partial charge in [0, 0.05) is 11.3 Å².